The highest BCUT2D eigenvalue weighted by molar-refractivity contribution is 5.75. The summed E-state index contributed by atoms with van der Waals surface area (Å²) in [4.78, 5) is 14.8. The molecule has 4 nitrogen and oxygen atoms in total. The Hall–Kier alpha value is -1.16. The van der Waals surface area contributed by atoms with Crippen molar-refractivity contribution in [3.8, 4) is 0 Å². The second-order valence-electron chi connectivity index (χ2n) is 2.46. The maximum atomic E-state index is 10.7. The van der Waals surface area contributed by atoms with Gasteiger partial charge in [-0.2, -0.15) is 0 Å². The third kappa shape index (κ3) is 8.75. The van der Waals surface area contributed by atoms with Crippen molar-refractivity contribution in [3.05, 3.63) is 12.7 Å². The van der Waals surface area contributed by atoms with Crippen LogP contribution in [0.15, 0.2) is 17.6 Å². The molecule has 0 atom stereocenters. The molecule has 0 saturated heterocycles. The molecule has 0 aromatic heterocycles. The number of nitrogens with zero attached hydrogens (tertiary/aromatic N) is 1. The summed E-state index contributed by atoms with van der Waals surface area (Å²) < 4.78 is 0. The lowest BCUT2D eigenvalue weighted by molar-refractivity contribution is -0.120. The van der Waals surface area contributed by atoms with E-state index >= 15 is 0 Å². The van der Waals surface area contributed by atoms with Gasteiger partial charge in [0.1, 0.15) is 0 Å². The standard InChI is InChI=1S/C9H17N3O/c1-3-5-11-7-8-12-6-4-9(13)10-2/h3,8,11H,1,4-7H2,2H3,(H,10,13). The maximum absolute atomic E-state index is 10.7. The largest absolute Gasteiger partial charge is 0.359 e. The first kappa shape index (κ1) is 11.8. The van der Waals surface area contributed by atoms with Crippen molar-refractivity contribution in [1.82, 2.24) is 10.6 Å². The number of amides is 1. The fraction of sp³-hybridized carbons (Fsp3) is 0.556. The minimum absolute atomic E-state index is 0.0243. The Morgan fingerprint density at radius 2 is 2.31 bits per heavy atom. The quantitative estimate of drug-likeness (QED) is 0.331. The highest BCUT2D eigenvalue weighted by Gasteiger charge is 1.93. The van der Waals surface area contributed by atoms with Gasteiger partial charge in [-0.25, -0.2) is 0 Å². The van der Waals surface area contributed by atoms with Crippen LogP contribution < -0.4 is 10.6 Å². The summed E-state index contributed by atoms with van der Waals surface area (Å²) in [5, 5.41) is 5.60. The van der Waals surface area contributed by atoms with Crippen LogP contribution in [-0.4, -0.2) is 38.8 Å². The Labute approximate surface area is 79.1 Å². The molecule has 0 radical (unpaired) electrons. The topological polar surface area (TPSA) is 53.5 Å². The summed E-state index contributed by atoms with van der Waals surface area (Å²) >= 11 is 0. The van der Waals surface area contributed by atoms with Gasteiger partial charge in [-0.1, -0.05) is 6.08 Å². The van der Waals surface area contributed by atoms with Gasteiger partial charge in [-0.3, -0.25) is 9.79 Å². The summed E-state index contributed by atoms with van der Waals surface area (Å²) in [7, 11) is 1.62. The van der Waals surface area contributed by atoms with Gasteiger partial charge < -0.3 is 10.6 Å². The Morgan fingerprint density at radius 1 is 1.54 bits per heavy atom. The molecule has 0 saturated carbocycles. The molecule has 0 rings (SSSR count). The van der Waals surface area contributed by atoms with Gasteiger partial charge in [0.15, 0.2) is 0 Å². The van der Waals surface area contributed by atoms with Crippen molar-refractivity contribution >= 4 is 12.1 Å². The molecule has 0 aliphatic carbocycles. The van der Waals surface area contributed by atoms with Crippen LogP contribution in [0.1, 0.15) is 6.42 Å². The summed E-state index contributed by atoms with van der Waals surface area (Å²) in [6, 6.07) is 0. The first-order chi connectivity index (χ1) is 6.31. The summed E-state index contributed by atoms with van der Waals surface area (Å²) in [5.74, 6) is 0.0243. The molecule has 0 spiro atoms. The van der Waals surface area contributed by atoms with E-state index in [0.29, 0.717) is 13.0 Å². The summed E-state index contributed by atoms with van der Waals surface area (Å²) in [6.45, 7) is 5.62. The van der Waals surface area contributed by atoms with Crippen LogP contribution in [0.25, 0.3) is 0 Å². The van der Waals surface area contributed by atoms with Gasteiger partial charge in [0.25, 0.3) is 0 Å². The number of carbonyl (C=O) groups excluding carboxylic acids is 1. The van der Waals surface area contributed by atoms with Crippen LogP contribution >= 0.6 is 0 Å². The van der Waals surface area contributed by atoms with Crippen molar-refractivity contribution in [1.29, 1.82) is 0 Å². The molecule has 0 aliphatic heterocycles. The molecular weight excluding hydrogens is 166 g/mol. The van der Waals surface area contributed by atoms with Crippen LogP contribution in [0.3, 0.4) is 0 Å². The van der Waals surface area contributed by atoms with Gasteiger partial charge in [-0.15, -0.1) is 6.58 Å². The third-order valence-corrected chi connectivity index (χ3v) is 1.40. The SMILES string of the molecule is C=CCNCC=NCCC(=O)NC. The van der Waals surface area contributed by atoms with Crippen molar-refractivity contribution in [3.63, 3.8) is 0 Å². The average Bonchev–Trinajstić information content (AvgIpc) is 2.16. The average molecular weight is 183 g/mol. The fourth-order valence-corrected chi connectivity index (χ4v) is 0.697. The Balaban J connectivity index is 3.21. The Kier molecular flexibility index (Phi) is 8.14. The molecule has 1 amide bonds. The predicted octanol–water partition coefficient (Wildman–Crippen LogP) is -0.0311. The van der Waals surface area contributed by atoms with Crippen molar-refractivity contribution in [2.24, 2.45) is 4.99 Å². The van der Waals surface area contributed by atoms with Gasteiger partial charge in [0.2, 0.25) is 5.91 Å². The molecule has 74 valence electrons. The first-order valence-corrected chi connectivity index (χ1v) is 4.31. The van der Waals surface area contributed by atoms with Gasteiger partial charge in [0.05, 0.1) is 0 Å². The molecule has 0 fully saturated rings. The molecule has 0 aliphatic rings. The number of hydrogen-bond acceptors (Lipinski definition) is 3. The maximum Gasteiger partial charge on any atom is 0.221 e. The van der Waals surface area contributed by atoms with Crippen LogP contribution in [0.5, 0.6) is 0 Å². The number of nitrogens with one attached hydrogen (secondary N) is 2. The normalized spacial score (nSPS) is 10.2. The second-order valence-corrected chi connectivity index (χ2v) is 2.46. The molecule has 0 unspecified atom stereocenters. The van der Waals surface area contributed by atoms with E-state index in [1.807, 2.05) is 0 Å². The number of carbonyl (C=O) groups is 1. The van der Waals surface area contributed by atoms with E-state index in [0.717, 1.165) is 13.1 Å². The van der Waals surface area contributed by atoms with Gasteiger partial charge in [0, 0.05) is 39.3 Å². The lowest BCUT2D eigenvalue weighted by Gasteiger charge is -1.95. The Bertz CT molecular complexity index is 178. The molecule has 0 heterocycles. The van der Waals surface area contributed by atoms with Gasteiger partial charge >= 0.3 is 0 Å². The van der Waals surface area contributed by atoms with Crippen LogP contribution in [0, 0.1) is 0 Å². The molecule has 4 heteroatoms. The van der Waals surface area contributed by atoms with Gasteiger partial charge in [-0.05, 0) is 0 Å². The van der Waals surface area contributed by atoms with Crippen LogP contribution in [0.4, 0.5) is 0 Å². The molecule has 13 heavy (non-hydrogen) atoms. The summed E-state index contributed by atoms with van der Waals surface area (Å²) in [5.41, 5.74) is 0. The third-order valence-electron chi connectivity index (χ3n) is 1.40. The van der Waals surface area contributed by atoms with E-state index in [9.17, 15) is 4.79 Å². The fourth-order valence-electron chi connectivity index (χ4n) is 0.697. The molecule has 0 aromatic rings. The molecule has 2 N–H and O–H groups in total. The first-order valence-electron chi connectivity index (χ1n) is 4.31. The lowest BCUT2D eigenvalue weighted by atomic mass is 10.4. The highest BCUT2D eigenvalue weighted by Crippen LogP contribution is 1.78. The Morgan fingerprint density at radius 3 is 2.92 bits per heavy atom. The zero-order valence-corrected chi connectivity index (χ0v) is 8.05. The van der Waals surface area contributed by atoms with E-state index in [1.165, 1.54) is 0 Å². The van der Waals surface area contributed by atoms with E-state index in [1.54, 1.807) is 19.3 Å². The lowest BCUT2D eigenvalue weighted by Crippen LogP contribution is -2.19. The minimum atomic E-state index is 0.0243. The number of aliphatic imine (C=N–C) groups is 1. The van der Waals surface area contributed by atoms with Crippen molar-refractivity contribution in [2.45, 2.75) is 6.42 Å². The summed E-state index contributed by atoms with van der Waals surface area (Å²) in [6.07, 6.45) is 4.01. The minimum Gasteiger partial charge on any atom is -0.359 e. The molecule has 0 aromatic carbocycles. The zero-order chi connectivity index (χ0) is 9.94. The molecule has 0 bridgehead atoms. The van der Waals surface area contributed by atoms with Crippen molar-refractivity contribution < 1.29 is 4.79 Å². The molecular formula is C9H17N3O. The number of hydrogen-bond donors (Lipinski definition) is 2. The van der Waals surface area contributed by atoms with Crippen molar-refractivity contribution in [2.75, 3.05) is 26.7 Å². The van der Waals surface area contributed by atoms with Crippen LogP contribution in [0.2, 0.25) is 0 Å². The predicted molar refractivity (Wildman–Crippen MR) is 55.1 cm³/mol. The van der Waals surface area contributed by atoms with E-state index in [-0.39, 0.29) is 5.91 Å². The smallest absolute Gasteiger partial charge is 0.221 e. The number of rotatable bonds is 7. The second kappa shape index (κ2) is 8.93. The van der Waals surface area contributed by atoms with Crippen LogP contribution in [-0.2, 0) is 4.79 Å². The monoisotopic (exact) mass is 183 g/mol. The highest BCUT2D eigenvalue weighted by atomic mass is 16.1. The van der Waals surface area contributed by atoms with E-state index < -0.39 is 0 Å². The van der Waals surface area contributed by atoms with E-state index in [2.05, 4.69) is 22.2 Å². The zero-order valence-electron chi connectivity index (χ0n) is 8.05. The van der Waals surface area contributed by atoms with E-state index in [4.69, 9.17) is 0 Å².